The second-order valence-corrected chi connectivity index (χ2v) is 14.5. The summed E-state index contributed by atoms with van der Waals surface area (Å²) in [4.78, 5) is 51.0. The average Bonchev–Trinajstić information content (AvgIpc) is 3.55. The summed E-state index contributed by atoms with van der Waals surface area (Å²) in [6, 6.07) is 22.8. The van der Waals surface area contributed by atoms with Gasteiger partial charge in [-0.2, -0.15) is 0 Å². The zero-order valence-corrected chi connectivity index (χ0v) is 30.1. The number of allylic oxidation sites excluding steroid dienone is 2. The van der Waals surface area contributed by atoms with Gasteiger partial charge in [0, 0.05) is 63.6 Å². The van der Waals surface area contributed by atoms with Gasteiger partial charge in [0.05, 0.1) is 0 Å². The quantitative estimate of drug-likeness (QED) is 0.281. The third-order valence-electron chi connectivity index (χ3n) is 10.2. The molecule has 1 fully saturated rings. The normalized spacial score (nSPS) is 20.3. The monoisotopic (exact) mass is 663 g/mol. The number of fused-ring (bicyclic) bond motifs is 1. The van der Waals surface area contributed by atoms with Crippen molar-refractivity contribution in [3.63, 3.8) is 0 Å². The number of nitrogens with one attached hydrogen (secondary N) is 1. The molecule has 4 atom stereocenters. The molecule has 1 heterocycles. The summed E-state index contributed by atoms with van der Waals surface area (Å²) in [5.41, 5.74) is 2.40. The molecule has 3 amide bonds. The number of carbonyl (C=O) groups excluding carboxylic acids is 3. The van der Waals surface area contributed by atoms with Crippen molar-refractivity contribution in [2.45, 2.75) is 57.2 Å². The summed E-state index contributed by atoms with van der Waals surface area (Å²) < 4.78 is 0. The molecule has 5 rings (SSSR count). The predicted molar refractivity (Wildman–Crippen MR) is 198 cm³/mol. The first-order chi connectivity index (χ1) is 23.5. The molecule has 0 radical (unpaired) electrons. The number of hydrogen-bond acceptors (Lipinski definition) is 5. The lowest BCUT2D eigenvalue weighted by molar-refractivity contribution is -0.149. The highest BCUT2D eigenvalue weighted by molar-refractivity contribution is 5.98. The van der Waals surface area contributed by atoms with Crippen LogP contribution in [0, 0.1) is 5.41 Å². The molecular formula is C41H53N5O3. The number of amides is 3. The molecule has 260 valence electrons. The van der Waals surface area contributed by atoms with Crippen LogP contribution >= 0.6 is 0 Å². The van der Waals surface area contributed by atoms with E-state index in [2.05, 4.69) is 47.5 Å². The fourth-order valence-electron chi connectivity index (χ4n) is 7.51. The molecule has 0 aromatic heterocycles. The number of rotatable bonds is 13. The average molecular weight is 664 g/mol. The SMILES string of the molecule is CNCC1(C)C=CC=C(C(=O)N(C)[C@H](Cc2ccc3ccccc3c2)C(=O)N(C)[C@H](Cc2ccccc2)C(=O)N2CCC[C@H]2CN(C)C)C1. The fourth-order valence-corrected chi connectivity index (χ4v) is 7.51. The maximum absolute atomic E-state index is 14.9. The standard InChI is InChI=1S/C41H53N5O3/c1-41(29-42-2)22-12-18-34(27-41)38(47)44(5)36(26-31-20-21-32-16-10-11-17-33(32)24-31)39(48)45(6)37(25-30-14-8-7-9-15-30)40(49)46-23-13-19-35(46)28-43(3)4/h7-12,14-18,20-22,24,35-37,42H,13,19,23,25-29H2,1-6H3/t35-,36+,37+,41?/m0/s1. The van der Waals surface area contributed by atoms with Gasteiger partial charge in [0.1, 0.15) is 12.1 Å². The van der Waals surface area contributed by atoms with Gasteiger partial charge in [0.25, 0.3) is 0 Å². The predicted octanol–water partition coefficient (Wildman–Crippen LogP) is 4.94. The van der Waals surface area contributed by atoms with E-state index in [0.29, 0.717) is 31.4 Å². The Morgan fingerprint density at radius 2 is 1.57 bits per heavy atom. The number of benzene rings is 3. The van der Waals surface area contributed by atoms with Crippen molar-refractivity contribution in [3.8, 4) is 0 Å². The number of hydrogen-bond donors (Lipinski definition) is 1. The lowest BCUT2D eigenvalue weighted by atomic mass is 9.79. The van der Waals surface area contributed by atoms with Gasteiger partial charge in [-0.3, -0.25) is 14.4 Å². The van der Waals surface area contributed by atoms with E-state index in [0.717, 1.165) is 47.8 Å². The van der Waals surface area contributed by atoms with Crippen LogP contribution in [0.5, 0.6) is 0 Å². The molecule has 0 saturated carbocycles. The van der Waals surface area contributed by atoms with Crippen LogP contribution in [0.25, 0.3) is 10.8 Å². The zero-order chi connectivity index (χ0) is 35.1. The zero-order valence-electron chi connectivity index (χ0n) is 30.1. The van der Waals surface area contributed by atoms with Gasteiger partial charge in [-0.1, -0.05) is 97.9 Å². The van der Waals surface area contributed by atoms with Crippen molar-refractivity contribution < 1.29 is 14.4 Å². The molecule has 1 unspecified atom stereocenters. The lowest BCUT2D eigenvalue weighted by Crippen LogP contribution is -2.57. The molecule has 1 aliphatic heterocycles. The molecule has 0 spiro atoms. The van der Waals surface area contributed by atoms with Gasteiger partial charge in [0.15, 0.2) is 0 Å². The summed E-state index contributed by atoms with van der Waals surface area (Å²) in [6.45, 7) is 4.32. The summed E-state index contributed by atoms with van der Waals surface area (Å²) in [6.07, 6.45) is 9.12. The molecule has 8 nitrogen and oxygen atoms in total. The first-order valence-electron chi connectivity index (χ1n) is 17.5. The Morgan fingerprint density at radius 3 is 2.29 bits per heavy atom. The Labute approximate surface area is 292 Å². The minimum Gasteiger partial charge on any atom is -0.337 e. The molecule has 1 aliphatic carbocycles. The number of likely N-dealkylation sites (N-methyl/N-ethyl adjacent to an activating group) is 3. The number of carbonyl (C=O) groups is 3. The van der Waals surface area contributed by atoms with E-state index >= 15 is 0 Å². The Balaban J connectivity index is 1.49. The van der Waals surface area contributed by atoms with Gasteiger partial charge in [-0.15, -0.1) is 0 Å². The van der Waals surface area contributed by atoms with Gasteiger partial charge >= 0.3 is 0 Å². The first-order valence-corrected chi connectivity index (χ1v) is 17.5. The van der Waals surface area contributed by atoms with Gasteiger partial charge in [-0.25, -0.2) is 0 Å². The van der Waals surface area contributed by atoms with Gasteiger partial charge in [-0.05, 0) is 62.3 Å². The van der Waals surface area contributed by atoms with Crippen molar-refractivity contribution in [3.05, 3.63) is 108 Å². The minimum atomic E-state index is -0.816. The third-order valence-corrected chi connectivity index (χ3v) is 10.2. The maximum atomic E-state index is 14.9. The largest absolute Gasteiger partial charge is 0.337 e. The summed E-state index contributed by atoms with van der Waals surface area (Å²) >= 11 is 0. The van der Waals surface area contributed by atoms with Gasteiger partial charge < -0.3 is 24.9 Å². The van der Waals surface area contributed by atoms with E-state index in [4.69, 9.17) is 0 Å². The van der Waals surface area contributed by atoms with E-state index in [1.165, 1.54) is 0 Å². The van der Waals surface area contributed by atoms with E-state index in [-0.39, 0.29) is 29.2 Å². The summed E-state index contributed by atoms with van der Waals surface area (Å²) in [5.74, 6) is -0.451. The van der Waals surface area contributed by atoms with Crippen LogP contribution in [0.4, 0.5) is 0 Å². The summed E-state index contributed by atoms with van der Waals surface area (Å²) in [7, 11) is 9.44. The molecule has 1 saturated heterocycles. The fraction of sp³-hybridized carbons (Fsp3) is 0.439. The van der Waals surface area contributed by atoms with Crippen LogP contribution in [0.15, 0.2) is 96.6 Å². The van der Waals surface area contributed by atoms with Crippen molar-refractivity contribution >= 4 is 28.5 Å². The molecule has 0 bridgehead atoms. The second kappa shape index (κ2) is 16.0. The van der Waals surface area contributed by atoms with E-state index in [9.17, 15) is 14.4 Å². The van der Waals surface area contributed by atoms with Crippen LogP contribution in [0.1, 0.15) is 37.3 Å². The molecule has 8 heteroatoms. The maximum Gasteiger partial charge on any atom is 0.250 e. The Bertz CT molecular complexity index is 1680. The van der Waals surface area contributed by atoms with E-state index in [1.54, 1.807) is 23.9 Å². The Hall–Kier alpha value is -4.27. The molecule has 1 N–H and O–H groups in total. The van der Waals surface area contributed by atoms with Crippen LogP contribution in [0.3, 0.4) is 0 Å². The van der Waals surface area contributed by atoms with Crippen LogP contribution < -0.4 is 5.32 Å². The highest BCUT2D eigenvalue weighted by Gasteiger charge is 2.40. The van der Waals surface area contributed by atoms with Crippen LogP contribution in [-0.2, 0) is 27.2 Å². The first kappa shape index (κ1) is 36.0. The molecule has 2 aliphatic rings. The number of likely N-dealkylation sites (tertiary alicyclic amines) is 1. The van der Waals surface area contributed by atoms with E-state index in [1.807, 2.05) is 86.7 Å². The second-order valence-electron chi connectivity index (χ2n) is 14.5. The Kier molecular flexibility index (Phi) is 11.7. The molecule has 3 aromatic carbocycles. The lowest BCUT2D eigenvalue weighted by Gasteiger charge is -2.38. The van der Waals surface area contributed by atoms with Crippen molar-refractivity contribution in [2.24, 2.45) is 5.41 Å². The third kappa shape index (κ3) is 8.67. The van der Waals surface area contributed by atoms with Crippen LogP contribution in [-0.4, -0.2) is 110 Å². The molecule has 3 aromatic rings. The smallest absolute Gasteiger partial charge is 0.250 e. The van der Waals surface area contributed by atoms with Gasteiger partial charge in [0.2, 0.25) is 17.7 Å². The highest BCUT2D eigenvalue weighted by atomic mass is 16.2. The topological polar surface area (TPSA) is 76.2 Å². The van der Waals surface area contributed by atoms with Crippen molar-refractivity contribution in [1.82, 2.24) is 24.9 Å². The van der Waals surface area contributed by atoms with Crippen molar-refractivity contribution in [1.29, 1.82) is 0 Å². The Morgan fingerprint density at radius 1 is 0.878 bits per heavy atom. The van der Waals surface area contributed by atoms with E-state index < -0.39 is 12.1 Å². The van der Waals surface area contributed by atoms with Crippen molar-refractivity contribution in [2.75, 3.05) is 54.9 Å². The number of nitrogens with zero attached hydrogens (tertiary/aromatic N) is 4. The molecular weight excluding hydrogens is 610 g/mol. The summed E-state index contributed by atoms with van der Waals surface area (Å²) in [5, 5.41) is 5.44. The highest BCUT2D eigenvalue weighted by Crippen LogP contribution is 2.32. The van der Waals surface area contributed by atoms with Crippen LogP contribution in [0.2, 0.25) is 0 Å². The minimum absolute atomic E-state index is 0.0366. The molecule has 49 heavy (non-hydrogen) atoms.